The first-order valence-corrected chi connectivity index (χ1v) is 21.0. The minimum Gasteiger partial charge on any atom is -0.422 e. The number of imide groups is 4. The van der Waals surface area contributed by atoms with E-state index in [-0.39, 0.29) is 83.5 Å². The van der Waals surface area contributed by atoms with E-state index in [1.165, 1.54) is 82.3 Å². The molecule has 0 saturated heterocycles. The molecule has 9 amide bonds. The molecule has 1 aromatic heterocycles. The van der Waals surface area contributed by atoms with Gasteiger partial charge in [0.1, 0.15) is 11.1 Å². The number of carbonyl (C=O) groups excluding carboxylic acids is 9. The molecule has 70 heavy (non-hydrogen) atoms. The SMILES string of the molecule is CC1=CC(=O)N(c2cc(N)cc(N3C(=O)C=C(C)C3=O)c2)C1=O.CCN(CC)c1ccc2cc(C(=O)Nc3cc(N4C(=O)C=C(C)C4=O)cc(N4C(=O)C=C(C)C4=O)c3)c(=O)oc2c1.[C-]#CC#CC.[Y]. The van der Waals surface area contributed by atoms with Crippen molar-refractivity contribution in [3.8, 4) is 17.8 Å². The molecule has 4 aliphatic heterocycles. The topological polar surface area (TPSA) is 238 Å². The van der Waals surface area contributed by atoms with Crippen LogP contribution < -0.4 is 41.2 Å². The minimum absolute atomic E-state index is 0. The number of nitrogens with two attached hydrogens (primary N) is 1. The van der Waals surface area contributed by atoms with Crippen LogP contribution in [-0.4, -0.2) is 66.3 Å². The van der Waals surface area contributed by atoms with Crippen molar-refractivity contribution >= 4 is 104 Å². The summed E-state index contributed by atoms with van der Waals surface area (Å²) in [6.07, 6.45) is 11.0. The first-order valence-electron chi connectivity index (χ1n) is 21.0. The molecule has 5 heterocycles. The normalized spacial score (nSPS) is 15.0. The van der Waals surface area contributed by atoms with Gasteiger partial charge < -0.3 is 26.8 Å². The zero-order chi connectivity index (χ0) is 50.6. The predicted octanol–water partition coefficient (Wildman–Crippen LogP) is 5.04. The Kier molecular flexibility index (Phi) is 16.4. The van der Waals surface area contributed by atoms with E-state index in [2.05, 4.69) is 22.1 Å². The number of nitrogens with one attached hydrogen (secondary N) is 1. The molecule has 3 N–H and O–H groups in total. The molecule has 0 spiro atoms. The van der Waals surface area contributed by atoms with E-state index in [0.717, 1.165) is 50.5 Å². The molecule has 0 saturated carbocycles. The van der Waals surface area contributed by atoms with Crippen LogP contribution in [-0.2, 0) is 71.1 Å². The fraction of sp³-hybridized carbons (Fsp3) is 0.176. The molecule has 0 bridgehead atoms. The fourth-order valence-corrected chi connectivity index (χ4v) is 7.44. The van der Waals surface area contributed by atoms with Gasteiger partial charge in [0.2, 0.25) is 0 Å². The smallest absolute Gasteiger partial charge is 0.349 e. The molecule has 18 nitrogen and oxygen atoms in total. The predicted molar refractivity (Wildman–Crippen MR) is 257 cm³/mol. The van der Waals surface area contributed by atoms with Gasteiger partial charge in [-0.2, -0.15) is 0 Å². The second-order valence-electron chi connectivity index (χ2n) is 15.5. The van der Waals surface area contributed by atoms with Crippen LogP contribution >= 0.6 is 0 Å². The average molecular weight is 1020 g/mol. The zero-order valence-electron chi connectivity index (χ0n) is 38.9. The van der Waals surface area contributed by atoms with Crippen LogP contribution in [0.5, 0.6) is 0 Å². The van der Waals surface area contributed by atoms with Gasteiger partial charge in [-0.05, 0) is 103 Å². The van der Waals surface area contributed by atoms with Gasteiger partial charge in [-0.3, -0.25) is 55.0 Å². The van der Waals surface area contributed by atoms with Gasteiger partial charge in [-0.15, -0.1) is 0 Å². The molecule has 3 aromatic carbocycles. The summed E-state index contributed by atoms with van der Waals surface area (Å²) in [7, 11) is 0. The molecular weight excluding hydrogens is 976 g/mol. The summed E-state index contributed by atoms with van der Waals surface area (Å²) in [6, 6.07) is 15.1. The molecule has 0 atom stereocenters. The molecule has 1 radical (unpaired) electrons. The Labute approximate surface area is 426 Å². The Hall–Kier alpha value is -8.32. The molecule has 0 fully saturated rings. The Morgan fingerprint density at radius 3 is 1.36 bits per heavy atom. The number of nitrogen functional groups attached to an aromatic ring is 1. The number of nitrogens with zero attached hydrogens (tertiary/aromatic N) is 5. The number of amides is 9. The van der Waals surface area contributed by atoms with Crippen LogP contribution in [0.1, 0.15) is 58.8 Å². The monoisotopic (exact) mass is 1020 g/mol. The van der Waals surface area contributed by atoms with E-state index in [1.54, 1.807) is 19.1 Å². The van der Waals surface area contributed by atoms with Crippen LogP contribution in [0, 0.1) is 24.2 Å². The van der Waals surface area contributed by atoms with Gasteiger partial charge in [0.05, 0.1) is 22.7 Å². The van der Waals surface area contributed by atoms with Gasteiger partial charge in [-0.25, -0.2) is 30.3 Å². The first-order chi connectivity index (χ1) is 32.7. The number of rotatable bonds is 9. The largest absolute Gasteiger partial charge is 0.422 e. The number of carbonyl (C=O) groups is 9. The molecule has 351 valence electrons. The molecule has 0 unspecified atom stereocenters. The zero-order valence-corrected chi connectivity index (χ0v) is 41.7. The van der Waals surface area contributed by atoms with Gasteiger partial charge in [-0.1, -0.05) is 0 Å². The van der Waals surface area contributed by atoms with Crippen LogP contribution in [0.15, 0.2) is 116 Å². The number of anilines is 7. The summed E-state index contributed by atoms with van der Waals surface area (Å²) in [4.78, 5) is 130. The molecular formula is C51H42N7O11Y-. The van der Waals surface area contributed by atoms with E-state index < -0.39 is 58.8 Å². The van der Waals surface area contributed by atoms with E-state index >= 15 is 0 Å². The third kappa shape index (κ3) is 10.7. The molecule has 4 aliphatic rings. The number of hydrogen-bond donors (Lipinski definition) is 2. The van der Waals surface area contributed by atoms with Gasteiger partial charge >= 0.3 is 5.63 Å². The van der Waals surface area contributed by atoms with E-state index in [9.17, 15) is 47.9 Å². The van der Waals surface area contributed by atoms with Crippen molar-refractivity contribution in [1.82, 2.24) is 0 Å². The van der Waals surface area contributed by atoms with Crippen LogP contribution in [0.2, 0.25) is 0 Å². The maximum Gasteiger partial charge on any atom is 0.349 e. The summed E-state index contributed by atoms with van der Waals surface area (Å²) in [5, 5.41) is 3.11. The maximum absolute atomic E-state index is 13.3. The van der Waals surface area contributed by atoms with Crippen molar-refractivity contribution in [1.29, 1.82) is 0 Å². The van der Waals surface area contributed by atoms with Crippen LogP contribution in [0.4, 0.5) is 39.8 Å². The van der Waals surface area contributed by atoms with Crippen molar-refractivity contribution in [3.63, 3.8) is 0 Å². The second kappa shape index (κ2) is 21.8. The van der Waals surface area contributed by atoms with Crippen molar-refractivity contribution in [3.05, 3.63) is 130 Å². The quantitative estimate of drug-likeness (QED) is 0.0736. The van der Waals surface area contributed by atoms with Gasteiger partial charge in [0.25, 0.3) is 53.2 Å². The number of benzene rings is 3. The standard InChI is InChI=1S/C30H26N4O7.C16H13N3O4.C5H3.Y/c1-5-32(6-2)20-8-7-18-11-23(30(40)41-24(18)15-20)27(37)31-19-12-21(33-25(35)9-16(3)28(33)38)14-22(13-19)34-26(36)10-17(4)29(34)39;1-8-3-13(20)18(15(8)22)11-5-10(17)6-12(7-11)19-14(21)4-9(2)16(19)23;1-3-5-4-2;/h7-15H,5-6H2,1-4H3,(H,31,37);3-7H,17H2,1-2H3;1H3;/q;;-1;. The third-order valence-electron chi connectivity index (χ3n) is 10.8. The number of fused-ring (bicyclic) bond motifs is 1. The Balaban J connectivity index is 0.000000265. The van der Waals surface area contributed by atoms with Crippen molar-refractivity contribution in [2.45, 2.75) is 48.5 Å². The molecule has 0 aliphatic carbocycles. The maximum atomic E-state index is 13.3. The summed E-state index contributed by atoms with van der Waals surface area (Å²) in [5.74, 6) is 1.53. The van der Waals surface area contributed by atoms with Crippen molar-refractivity contribution < 1.29 is 80.3 Å². The van der Waals surface area contributed by atoms with Gasteiger partial charge in [0.15, 0.2) is 0 Å². The van der Waals surface area contributed by atoms with Crippen LogP contribution in [0.25, 0.3) is 11.0 Å². The van der Waals surface area contributed by atoms with Crippen LogP contribution in [0.3, 0.4) is 0 Å². The Morgan fingerprint density at radius 2 is 1.03 bits per heavy atom. The molecule has 8 rings (SSSR count). The Morgan fingerprint density at radius 1 is 0.629 bits per heavy atom. The van der Waals surface area contributed by atoms with Crippen molar-refractivity contribution in [2.24, 2.45) is 0 Å². The van der Waals surface area contributed by atoms with E-state index in [4.69, 9.17) is 16.6 Å². The second-order valence-corrected chi connectivity index (χ2v) is 15.5. The number of hydrogen-bond acceptors (Lipinski definition) is 13. The van der Waals surface area contributed by atoms with E-state index in [0.29, 0.717) is 22.1 Å². The van der Waals surface area contributed by atoms with Crippen molar-refractivity contribution in [2.75, 3.05) is 48.6 Å². The van der Waals surface area contributed by atoms with E-state index in [1.807, 2.05) is 25.8 Å². The summed E-state index contributed by atoms with van der Waals surface area (Å²) in [5.41, 5.74) is 7.65. The molecule has 4 aromatic rings. The average Bonchev–Trinajstić information content (AvgIpc) is 3.91. The summed E-state index contributed by atoms with van der Waals surface area (Å²) < 4.78 is 5.47. The van der Waals surface area contributed by atoms with Gasteiger partial charge in [0, 0.05) is 121 Å². The fourth-order valence-electron chi connectivity index (χ4n) is 7.44. The minimum atomic E-state index is -0.863. The first kappa shape index (κ1) is 52.7. The third-order valence-corrected chi connectivity index (χ3v) is 10.8. The summed E-state index contributed by atoms with van der Waals surface area (Å²) >= 11 is 0. The molecule has 19 heteroatoms. The summed E-state index contributed by atoms with van der Waals surface area (Å²) in [6.45, 7) is 13.3. The Bertz CT molecular complexity index is 3150.